The van der Waals surface area contributed by atoms with Gasteiger partial charge in [-0.1, -0.05) is 22.9 Å². The van der Waals surface area contributed by atoms with Crippen molar-refractivity contribution in [1.29, 1.82) is 0 Å². The van der Waals surface area contributed by atoms with Crippen molar-refractivity contribution in [2.24, 2.45) is 4.99 Å². The number of ether oxygens (including phenoxy) is 1. The standard InChI is InChI=1S/C25H27ClFN7OS/c1-4-33-23-22(36-25(33)28-3)21(18-8-5-16(26)9-19(18)27)30-24(31-23)32-11-14(2)35-20(13-32)15-10-29-34(12-15)17-6-7-17/h5,8-10,12,14,17,20H,4,6-7,11,13H2,1-3H3/t14-,20+/m1/s1. The van der Waals surface area contributed by atoms with Gasteiger partial charge in [0.1, 0.15) is 16.6 Å². The molecular formula is C25H27ClFN7OS. The van der Waals surface area contributed by atoms with Crippen LogP contribution in [0.25, 0.3) is 21.6 Å². The van der Waals surface area contributed by atoms with Crippen molar-refractivity contribution in [1.82, 2.24) is 24.3 Å². The summed E-state index contributed by atoms with van der Waals surface area (Å²) in [6.45, 7) is 6.00. The van der Waals surface area contributed by atoms with Crippen LogP contribution < -0.4 is 9.70 Å². The molecule has 2 atom stereocenters. The fourth-order valence-electron chi connectivity index (χ4n) is 4.75. The third kappa shape index (κ3) is 4.21. The summed E-state index contributed by atoms with van der Waals surface area (Å²) in [6, 6.07) is 5.20. The molecule has 188 valence electrons. The maximum atomic E-state index is 15.1. The van der Waals surface area contributed by atoms with Crippen LogP contribution in [0.5, 0.6) is 0 Å². The highest BCUT2D eigenvalue weighted by Gasteiger charge is 2.32. The molecule has 0 spiro atoms. The summed E-state index contributed by atoms with van der Waals surface area (Å²) in [5, 5.41) is 4.89. The molecule has 1 saturated carbocycles. The summed E-state index contributed by atoms with van der Waals surface area (Å²) >= 11 is 7.51. The van der Waals surface area contributed by atoms with Gasteiger partial charge in [-0.2, -0.15) is 10.1 Å². The van der Waals surface area contributed by atoms with Gasteiger partial charge in [0.25, 0.3) is 0 Å². The summed E-state index contributed by atoms with van der Waals surface area (Å²) in [5.41, 5.74) is 2.73. The lowest BCUT2D eigenvalue weighted by atomic mass is 10.1. The molecule has 0 N–H and O–H groups in total. The van der Waals surface area contributed by atoms with Crippen LogP contribution in [0.4, 0.5) is 10.3 Å². The molecule has 1 saturated heterocycles. The summed E-state index contributed by atoms with van der Waals surface area (Å²) in [6.07, 6.45) is 6.16. The van der Waals surface area contributed by atoms with E-state index in [0.29, 0.717) is 47.9 Å². The molecule has 0 unspecified atom stereocenters. The van der Waals surface area contributed by atoms with Gasteiger partial charge in [-0.15, -0.1) is 0 Å². The molecule has 0 radical (unpaired) electrons. The highest BCUT2D eigenvalue weighted by Crippen LogP contribution is 2.37. The molecule has 2 fully saturated rings. The van der Waals surface area contributed by atoms with Crippen molar-refractivity contribution in [3.63, 3.8) is 0 Å². The van der Waals surface area contributed by atoms with Crippen LogP contribution in [0.1, 0.15) is 44.4 Å². The Morgan fingerprint density at radius 2 is 2.08 bits per heavy atom. The molecule has 0 amide bonds. The van der Waals surface area contributed by atoms with Crippen LogP contribution in [-0.4, -0.2) is 50.6 Å². The number of hydrogen-bond acceptors (Lipinski definition) is 7. The molecule has 1 aromatic carbocycles. The van der Waals surface area contributed by atoms with Gasteiger partial charge in [0.05, 0.1) is 30.6 Å². The zero-order valence-electron chi connectivity index (χ0n) is 20.4. The smallest absolute Gasteiger partial charge is 0.228 e. The summed E-state index contributed by atoms with van der Waals surface area (Å²) in [5.74, 6) is 0.129. The van der Waals surface area contributed by atoms with Crippen LogP contribution in [0.2, 0.25) is 5.02 Å². The zero-order chi connectivity index (χ0) is 25.0. The lowest BCUT2D eigenvalue weighted by Gasteiger charge is -2.36. The van der Waals surface area contributed by atoms with Crippen LogP contribution in [0.3, 0.4) is 0 Å². The fourth-order valence-corrected chi connectivity index (χ4v) is 6.01. The number of fused-ring (bicyclic) bond motifs is 1. The quantitative estimate of drug-likeness (QED) is 0.365. The van der Waals surface area contributed by atoms with Gasteiger partial charge in [0.15, 0.2) is 10.4 Å². The number of nitrogens with zero attached hydrogens (tertiary/aromatic N) is 7. The minimum absolute atomic E-state index is 0.0370. The molecule has 3 aromatic heterocycles. The predicted molar refractivity (Wildman–Crippen MR) is 139 cm³/mol. The van der Waals surface area contributed by atoms with Crippen LogP contribution in [0, 0.1) is 5.82 Å². The van der Waals surface area contributed by atoms with Crippen molar-refractivity contribution in [2.45, 2.75) is 51.5 Å². The Morgan fingerprint density at radius 1 is 1.25 bits per heavy atom. The van der Waals surface area contributed by atoms with Crippen molar-refractivity contribution in [3.8, 4) is 11.3 Å². The summed E-state index contributed by atoms with van der Waals surface area (Å²) in [4.78, 5) is 17.3. The van der Waals surface area contributed by atoms with Gasteiger partial charge >= 0.3 is 0 Å². The van der Waals surface area contributed by atoms with Crippen LogP contribution in [0.15, 0.2) is 35.6 Å². The maximum Gasteiger partial charge on any atom is 0.228 e. The van der Waals surface area contributed by atoms with E-state index in [0.717, 1.165) is 20.7 Å². The first kappa shape index (κ1) is 23.6. The average Bonchev–Trinajstić information content (AvgIpc) is 3.47. The third-order valence-electron chi connectivity index (χ3n) is 6.67. The number of aryl methyl sites for hydroxylation is 1. The molecule has 4 heterocycles. The average molecular weight is 528 g/mol. The largest absolute Gasteiger partial charge is 0.367 e. The molecular weight excluding hydrogens is 501 g/mol. The highest BCUT2D eigenvalue weighted by atomic mass is 35.5. The van der Waals surface area contributed by atoms with Crippen molar-refractivity contribution < 1.29 is 9.13 Å². The normalized spacial score (nSPS) is 21.0. The lowest BCUT2D eigenvalue weighted by molar-refractivity contribution is -0.0178. The lowest BCUT2D eigenvalue weighted by Crippen LogP contribution is -2.43. The van der Waals surface area contributed by atoms with E-state index in [-0.39, 0.29) is 12.2 Å². The number of rotatable bonds is 5. The molecule has 2 aliphatic rings. The molecule has 6 rings (SSSR count). The van der Waals surface area contributed by atoms with Crippen molar-refractivity contribution in [3.05, 3.63) is 51.8 Å². The van der Waals surface area contributed by atoms with Gasteiger partial charge < -0.3 is 14.2 Å². The monoisotopic (exact) mass is 527 g/mol. The molecule has 11 heteroatoms. The van der Waals surface area contributed by atoms with Gasteiger partial charge in [0.2, 0.25) is 5.95 Å². The fraction of sp³-hybridized carbons (Fsp3) is 0.440. The summed E-state index contributed by atoms with van der Waals surface area (Å²) < 4.78 is 26.3. The zero-order valence-corrected chi connectivity index (χ0v) is 21.9. The Balaban J connectivity index is 1.46. The van der Waals surface area contributed by atoms with Gasteiger partial charge in [0, 0.05) is 42.5 Å². The molecule has 8 nitrogen and oxygen atoms in total. The predicted octanol–water partition coefficient (Wildman–Crippen LogP) is 5.00. The maximum absolute atomic E-state index is 15.1. The second-order valence-corrected chi connectivity index (χ2v) is 10.7. The minimum atomic E-state index is -0.416. The van der Waals surface area contributed by atoms with E-state index in [1.165, 1.54) is 30.2 Å². The number of thiazole rings is 1. The Hall–Kier alpha value is -2.82. The number of morpholine rings is 1. The second-order valence-electron chi connectivity index (χ2n) is 9.33. The first-order valence-corrected chi connectivity index (χ1v) is 13.4. The Labute approximate surface area is 217 Å². The molecule has 4 aromatic rings. The Bertz CT molecular complexity index is 1510. The van der Waals surface area contributed by atoms with Gasteiger partial charge in [-0.25, -0.2) is 9.37 Å². The Kier molecular flexibility index (Phi) is 6.05. The van der Waals surface area contributed by atoms with E-state index in [4.69, 9.17) is 26.3 Å². The van der Waals surface area contributed by atoms with Crippen LogP contribution in [-0.2, 0) is 11.3 Å². The molecule has 0 bridgehead atoms. The van der Waals surface area contributed by atoms with E-state index in [2.05, 4.69) is 28.1 Å². The summed E-state index contributed by atoms with van der Waals surface area (Å²) in [7, 11) is 1.75. The highest BCUT2D eigenvalue weighted by molar-refractivity contribution is 7.16. The van der Waals surface area contributed by atoms with Gasteiger partial charge in [-0.05, 0) is 44.9 Å². The third-order valence-corrected chi connectivity index (χ3v) is 8.07. The molecule has 1 aliphatic heterocycles. The number of anilines is 1. The van der Waals surface area contributed by atoms with E-state index < -0.39 is 5.82 Å². The minimum Gasteiger partial charge on any atom is -0.367 e. The second kappa shape index (κ2) is 9.24. The van der Waals surface area contributed by atoms with Crippen molar-refractivity contribution >= 4 is 39.2 Å². The topological polar surface area (TPSA) is 73.4 Å². The molecule has 1 aliphatic carbocycles. The SMILES string of the molecule is CCn1c(=NC)sc2c(-c3ccc(Cl)cc3F)nc(N3C[C@@H](C)O[C@H](c4cnn(C5CC5)c4)C3)nc21. The number of halogens is 2. The number of hydrogen-bond donors (Lipinski definition) is 0. The van der Waals surface area contributed by atoms with Crippen molar-refractivity contribution in [2.75, 3.05) is 25.0 Å². The first-order chi connectivity index (χ1) is 17.4. The number of benzene rings is 1. The first-order valence-electron chi connectivity index (χ1n) is 12.2. The Morgan fingerprint density at radius 3 is 2.81 bits per heavy atom. The van der Waals surface area contributed by atoms with E-state index in [9.17, 15) is 0 Å². The number of aromatic nitrogens is 5. The molecule has 36 heavy (non-hydrogen) atoms. The van der Waals surface area contributed by atoms with Gasteiger partial charge in [-0.3, -0.25) is 9.67 Å². The van der Waals surface area contributed by atoms with Crippen LogP contribution >= 0.6 is 22.9 Å². The van der Waals surface area contributed by atoms with E-state index in [1.807, 2.05) is 22.4 Å². The van der Waals surface area contributed by atoms with E-state index in [1.54, 1.807) is 19.2 Å². The van der Waals surface area contributed by atoms with E-state index >= 15 is 4.39 Å².